The second-order valence-corrected chi connectivity index (χ2v) is 7.64. The Balaban J connectivity index is 1.91. The standard InChI is InChI=1S/C22H21NO4/c1-22(2,3)23-20-15-7-5-4-6-13(15)10-16(24)19(20)21(25)14-8-9-17-18(11-14)27-12-26-17/h4-11,23-24H,12H2,1-3H3. The first kappa shape index (κ1) is 17.2. The highest BCUT2D eigenvalue weighted by Gasteiger charge is 2.25. The van der Waals surface area contributed by atoms with Gasteiger partial charge < -0.3 is 19.9 Å². The lowest BCUT2D eigenvalue weighted by Gasteiger charge is -2.26. The third-order valence-corrected chi connectivity index (χ3v) is 4.39. The van der Waals surface area contributed by atoms with Gasteiger partial charge in [0.1, 0.15) is 5.75 Å². The van der Waals surface area contributed by atoms with Crippen molar-refractivity contribution in [2.24, 2.45) is 0 Å². The summed E-state index contributed by atoms with van der Waals surface area (Å²) in [7, 11) is 0. The molecule has 3 aromatic rings. The molecule has 27 heavy (non-hydrogen) atoms. The summed E-state index contributed by atoms with van der Waals surface area (Å²) in [6, 6.07) is 14.4. The predicted molar refractivity (Wildman–Crippen MR) is 105 cm³/mol. The lowest BCUT2D eigenvalue weighted by molar-refractivity contribution is 0.103. The Morgan fingerprint density at radius 3 is 2.56 bits per heavy atom. The van der Waals surface area contributed by atoms with Crippen LogP contribution in [-0.4, -0.2) is 23.2 Å². The summed E-state index contributed by atoms with van der Waals surface area (Å²) in [6.45, 7) is 6.19. The summed E-state index contributed by atoms with van der Waals surface area (Å²) < 4.78 is 10.7. The second kappa shape index (κ2) is 6.20. The van der Waals surface area contributed by atoms with Crippen molar-refractivity contribution in [2.75, 3.05) is 12.1 Å². The van der Waals surface area contributed by atoms with Gasteiger partial charge in [-0.1, -0.05) is 24.3 Å². The Kier molecular flexibility index (Phi) is 3.95. The molecule has 0 unspecified atom stereocenters. The normalized spacial score (nSPS) is 13.0. The smallest absolute Gasteiger partial charge is 0.231 e. The van der Waals surface area contributed by atoms with Crippen LogP contribution in [0, 0.1) is 0 Å². The number of carbonyl (C=O) groups excluding carboxylic acids is 1. The maximum absolute atomic E-state index is 13.3. The minimum atomic E-state index is -0.291. The van der Waals surface area contributed by atoms with Crippen molar-refractivity contribution in [2.45, 2.75) is 26.3 Å². The maximum Gasteiger partial charge on any atom is 0.231 e. The van der Waals surface area contributed by atoms with Crippen molar-refractivity contribution < 1.29 is 19.4 Å². The molecule has 5 nitrogen and oxygen atoms in total. The molecular formula is C22H21NO4. The van der Waals surface area contributed by atoms with Crippen LogP contribution in [0.25, 0.3) is 10.8 Å². The molecule has 0 saturated heterocycles. The summed E-state index contributed by atoms with van der Waals surface area (Å²) >= 11 is 0. The van der Waals surface area contributed by atoms with Crippen molar-refractivity contribution in [1.82, 2.24) is 0 Å². The number of hydrogen-bond acceptors (Lipinski definition) is 5. The van der Waals surface area contributed by atoms with E-state index in [1.165, 1.54) is 0 Å². The Hall–Kier alpha value is -3.21. The van der Waals surface area contributed by atoms with Crippen LogP contribution in [0.2, 0.25) is 0 Å². The van der Waals surface area contributed by atoms with E-state index in [0.29, 0.717) is 22.7 Å². The highest BCUT2D eigenvalue weighted by molar-refractivity contribution is 6.18. The topological polar surface area (TPSA) is 67.8 Å². The van der Waals surface area contributed by atoms with E-state index >= 15 is 0 Å². The molecule has 0 bridgehead atoms. The molecule has 138 valence electrons. The molecule has 5 heteroatoms. The number of fused-ring (bicyclic) bond motifs is 2. The summed E-state index contributed by atoms with van der Waals surface area (Å²) in [5.74, 6) is 0.820. The van der Waals surface area contributed by atoms with Crippen molar-refractivity contribution >= 4 is 22.2 Å². The van der Waals surface area contributed by atoms with Crippen LogP contribution in [-0.2, 0) is 0 Å². The quantitative estimate of drug-likeness (QED) is 0.659. The van der Waals surface area contributed by atoms with Crippen molar-refractivity contribution in [1.29, 1.82) is 0 Å². The van der Waals surface area contributed by atoms with Gasteiger partial charge in [-0.25, -0.2) is 0 Å². The number of ether oxygens (including phenoxy) is 2. The molecule has 0 atom stereocenters. The Bertz CT molecular complexity index is 1050. The molecular weight excluding hydrogens is 342 g/mol. The van der Waals surface area contributed by atoms with Crippen LogP contribution in [0.4, 0.5) is 5.69 Å². The molecule has 1 aliphatic heterocycles. The summed E-state index contributed by atoms with van der Waals surface area (Å²) in [5, 5.41) is 15.8. The van der Waals surface area contributed by atoms with E-state index in [1.807, 2.05) is 45.0 Å². The number of anilines is 1. The number of phenols is 1. The summed E-state index contributed by atoms with van der Waals surface area (Å²) in [6.07, 6.45) is 0. The number of phenolic OH excluding ortho intramolecular Hbond substituents is 1. The molecule has 0 saturated carbocycles. The maximum atomic E-state index is 13.3. The average molecular weight is 363 g/mol. The first-order chi connectivity index (χ1) is 12.8. The zero-order chi connectivity index (χ0) is 19.2. The van der Waals surface area contributed by atoms with Crippen LogP contribution >= 0.6 is 0 Å². The number of hydrogen-bond donors (Lipinski definition) is 2. The molecule has 4 rings (SSSR count). The lowest BCUT2D eigenvalue weighted by Crippen LogP contribution is -2.27. The summed E-state index contributed by atoms with van der Waals surface area (Å²) in [5.41, 5.74) is 1.02. The van der Waals surface area contributed by atoms with E-state index in [0.717, 1.165) is 10.8 Å². The van der Waals surface area contributed by atoms with Gasteiger partial charge in [-0.3, -0.25) is 4.79 Å². The highest BCUT2D eigenvalue weighted by Crippen LogP contribution is 2.39. The lowest BCUT2D eigenvalue weighted by atomic mass is 9.94. The third kappa shape index (κ3) is 3.16. The number of aromatic hydroxyl groups is 1. The molecule has 0 aliphatic carbocycles. The van der Waals surface area contributed by atoms with E-state index in [9.17, 15) is 9.90 Å². The van der Waals surface area contributed by atoms with Crippen LogP contribution in [0.3, 0.4) is 0 Å². The molecule has 1 aliphatic rings. The molecule has 0 amide bonds. The van der Waals surface area contributed by atoms with E-state index in [-0.39, 0.29) is 29.4 Å². The van der Waals surface area contributed by atoms with E-state index in [2.05, 4.69) is 5.32 Å². The fourth-order valence-corrected chi connectivity index (χ4v) is 3.25. The van der Waals surface area contributed by atoms with Gasteiger partial charge in [0.2, 0.25) is 6.79 Å². The van der Waals surface area contributed by atoms with Gasteiger partial charge in [-0.05, 0) is 50.4 Å². The fraction of sp³-hybridized carbons (Fsp3) is 0.227. The summed E-state index contributed by atoms with van der Waals surface area (Å²) in [4.78, 5) is 13.3. The molecule has 0 radical (unpaired) electrons. The number of benzene rings is 3. The van der Waals surface area contributed by atoms with E-state index in [1.54, 1.807) is 24.3 Å². The van der Waals surface area contributed by atoms with Gasteiger partial charge in [0, 0.05) is 16.5 Å². The largest absolute Gasteiger partial charge is 0.507 e. The minimum Gasteiger partial charge on any atom is -0.507 e. The van der Waals surface area contributed by atoms with Gasteiger partial charge in [-0.15, -0.1) is 0 Å². The zero-order valence-corrected chi connectivity index (χ0v) is 15.5. The van der Waals surface area contributed by atoms with Crippen LogP contribution < -0.4 is 14.8 Å². The first-order valence-electron chi connectivity index (χ1n) is 8.81. The predicted octanol–water partition coefficient (Wildman–Crippen LogP) is 4.72. The number of rotatable bonds is 3. The Labute approximate surface area is 157 Å². The fourth-order valence-electron chi connectivity index (χ4n) is 3.25. The van der Waals surface area contributed by atoms with Gasteiger partial charge in [0.15, 0.2) is 17.3 Å². The third-order valence-electron chi connectivity index (χ3n) is 4.39. The van der Waals surface area contributed by atoms with Gasteiger partial charge in [0.25, 0.3) is 0 Å². The highest BCUT2D eigenvalue weighted by atomic mass is 16.7. The van der Waals surface area contributed by atoms with Crippen molar-refractivity contribution in [3.05, 3.63) is 59.7 Å². The molecule has 3 aromatic carbocycles. The second-order valence-electron chi connectivity index (χ2n) is 7.64. The molecule has 2 N–H and O–H groups in total. The van der Waals surface area contributed by atoms with Crippen molar-refractivity contribution in [3.63, 3.8) is 0 Å². The monoisotopic (exact) mass is 363 g/mol. The van der Waals surface area contributed by atoms with Crippen LogP contribution in [0.1, 0.15) is 36.7 Å². The molecule has 0 aromatic heterocycles. The van der Waals surface area contributed by atoms with Crippen molar-refractivity contribution in [3.8, 4) is 17.2 Å². The zero-order valence-electron chi connectivity index (χ0n) is 15.5. The Morgan fingerprint density at radius 1 is 1.04 bits per heavy atom. The van der Waals surface area contributed by atoms with E-state index in [4.69, 9.17) is 9.47 Å². The molecule has 0 fully saturated rings. The Morgan fingerprint density at radius 2 is 1.78 bits per heavy atom. The van der Waals surface area contributed by atoms with Gasteiger partial charge in [0.05, 0.1) is 11.3 Å². The van der Waals surface area contributed by atoms with E-state index < -0.39 is 0 Å². The number of ketones is 1. The van der Waals surface area contributed by atoms with Gasteiger partial charge in [-0.2, -0.15) is 0 Å². The minimum absolute atomic E-state index is 0.0527. The van der Waals surface area contributed by atoms with Crippen LogP contribution in [0.15, 0.2) is 48.5 Å². The molecule has 1 heterocycles. The number of nitrogens with one attached hydrogen (secondary N) is 1. The average Bonchev–Trinajstić information content (AvgIpc) is 3.07. The number of carbonyl (C=O) groups is 1. The SMILES string of the molecule is CC(C)(C)Nc1c(C(=O)c2ccc3c(c2)OCO3)c(O)cc2ccccc12. The van der Waals surface area contributed by atoms with Gasteiger partial charge >= 0.3 is 0 Å². The first-order valence-corrected chi connectivity index (χ1v) is 8.81. The van der Waals surface area contributed by atoms with Crippen LogP contribution in [0.5, 0.6) is 17.2 Å². The molecule has 0 spiro atoms.